The highest BCUT2D eigenvalue weighted by molar-refractivity contribution is 6.44. The highest BCUT2D eigenvalue weighted by Gasteiger charge is 2.43. The second-order valence-corrected chi connectivity index (χ2v) is 5.46. The minimum absolute atomic E-state index is 0.250. The Bertz CT molecular complexity index is 701. The predicted molar refractivity (Wildman–Crippen MR) is 82.6 cm³/mol. The normalized spacial score (nSPS) is 15.7. The Labute approximate surface area is 138 Å². The maximum Gasteiger partial charge on any atom is 0.334 e. The van der Waals surface area contributed by atoms with Crippen LogP contribution in [0.2, 0.25) is 0 Å². The molecule has 8 nitrogen and oxygen atoms in total. The SMILES string of the molecule is CC(=O)[C@@H](Cc1ccccc1)NC(=O)CN1C(=O)C(=O)N(C)C1=O. The van der Waals surface area contributed by atoms with Gasteiger partial charge in [0, 0.05) is 7.05 Å². The number of nitrogens with one attached hydrogen (secondary N) is 1. The molecule has 0 aromatic heterocycles. The first-order valence-corrected chi connectivity index (χ1v) is 7.28. The number of hydrogen-bond donors (Lipinski definition) is 1. The molecule has 1 fully saturated rings. The second-order valence-electron chi connectivity index (χ2n) is 5.46. The Kier molecular flexibility index (Phi) is 5.08. The number of amides is 5. The summed E-state index contributed by atoms with van der Waals surface area (Å²) in [4.78, 5) is 59.8. The van der Waals surface area contributed by atoms with Crippen LogP contribution < -0.4 is 5.32 Å². The Morgan fingerprint density at radius 1 is 1.08 bits per heavy atom. The number of nitrogens with zero attached hydrogens (tertiary/aromatic N) is 2. The molecule has 1 aromatic carbocycles. The van der Waals surface area contributed by atoms with Crippen molar-refractivity contribution in [2.45, 2.75) is 19.4 Å². The van der Waals surface area contributed by atoms with Gasteiger partial charge in [0.2, 0.25) is 5.91 Å². The van der Waals surface area contributed by atoms with Crippen molar-refractivity contribution in [3.05, 3.63) is 35.9 Å². The number of benzene rings is 1. The van der Waals surface area contributed by atoms with Crippen LogP contribution in [-0.2, 0) is 25.6 Å². The molecule has 1 aromatic rings. The molecule has 1 aliphatic heterocycles. The van der Waals surface area contributed by atoms with Gasteiger partial charge in [-0.25, -0.2) is 9.69 Å². The molecular formula is C16H17N3O5. The third-order valence-corrected chi connectivity index (χ3v) is 3.66. The molecule has 1 aliphatic rings. The molecule has 5 amide bonds. The standard InChI is InChI=1S/C16H17N3O5/c1-10(20)12(8-11-6-4-3-5-7-11)17-13(21)9-19-15(23)14(22)18(2)16(19)24/h3-7,12H,8-9H2,1-2H3,(H,17,21)/t12-/m1/s1. The van der Waals surface area contributed by atoms with Crippen LogP contribution in [0.5, 0.6) is 0 Å². The third-order valence-electron chi connectivity index (χ3n) is 3.66. The molecule has 1 N–H and O–H groups in total. The molecule has 126 valence electrons. The van der Waals surface area contributed by atoms with Crippen molar-refractivity contribution in [3.63, 3.8) is 0 Å². The Hall–Kier alpha value is -3.03. The van der Waals surface area contributed by atoms with Gasteiger partial charge in [-0.05, 0) is 18.9 Å². The number of ketones is 1. The topological polar surface area (TPSA) is 104 Å². The largest absolute Gasteiger partial charge is 0.344 e. The number of Topliss-reactive ketones (excluding diaryl/α,β-unsaturated/α-hetero) is 1. The van der Waals surface area contributed by atoms with E-state index in [2.05, 4.69) is 5.32 Å². The fraction of sp³-hybridized carbons (Fsp3) is 0.312. The van der Waals surface area contributed by atoms with E-state index in [0.29, 0.717) is 16.2 Å². The zero-order valence-corrected chi connectivity index (χ0v) is 13.3. The zero-order valence-electron chi connectivity index (χ0n) is 13.3. The lowest BCUT2D eigenvalue weighted by Gasteiger charge is -2.18. The minimum Gasteiger partial charge on any atom is -0.344 e. The lowest BCUT2D eigenvalue weighted by atomic mass is 10.0. The van der Waals surface area contributed by atoms with E-state index in [9.17, 15) is 24.0 Å². The van der Waals surface area contributed by atoms with Gasteiger partial charge in [0.05, 0.1) is 6.04 Å². The van der Waals surface area contributed by atoms with Gasteiger partial charge >= 0.3 is 17.8 Å². The molecular weight excluding hydrogens is 314 g/mol. The summed E-state index contributed by atoms with van der Waals surface area (Å²) < 4.78 is 0. The van der Waals surface area contributed by atoms with E-state index < -0.39 is 36.3 Å². The van der Waals surface area contributed by atoms with Gasteiger partial charge in [-0.1, -0.05) is 30.3 Å². The van der Waals surface area contributed by atoms with Gasteiger partial charge in [-0.2, -0.15) is 0 Å². The van der Waals surface area contributed by atoms with Crippen molar-refractivity contribution in [2.24, 2.45) is 0 Å². The Morgan fingerprint density at radius 2 is 1.71 bits per heavy atom. The van der Waals surface area contributed by atoms with Crippen molar-refractivity contribution in [2.75, 3.05) is 13.6 Å². The van der Waals surface area contributed by atoms with E-state index in [0.717, 1.165) is 12.6 Å². The molecule has 1 heterocycles. The quantitative estimate of drug-likeness (QED) is 0.570. The maximum absolute atomic E-state index is 12.1. The Balaban J connectivity index is 2.01. The van der Waals surface area contributed by atoms with Crippen molar-refractivity contribution >= 4 is 29.5 Å². The Morgan fingerprint density at radius 3 is 2.21 bits per heavy atom. The molecule has 0 saturated carbocycles. The maximum atomic E-state index is 12.1. The number of hydrogen-bond acceptors (Lipinski definition) is 5. The van der Waals surface area contributed by atoms with Crippen LogP contribution in [-0.4, -0.2) is 59.0 Å². The molecule has 24 heavy (non-hydrogen) atoms. The predicted octanol–water partition coefficient (Wildman–Crippen LogP) is -0.276. The number of carbonyl (C=O) groups excluding carboxylic acids is 5. The summed E-state index contributed by atoms with van der Waals surface area (Å²) in [6.45, 7) is 0.740. The molecule has 2 rings (SSSR count). The van der Waals surface area contributed by atoms with Gasteiger partial charge in [-0.15, -0.1) is 0 Å². The number of rotatable bonds is 6. The lowest BCUT2D eigenvalue weighted by Crippen LogP contribution is -2.47. The fourth-order valence-corrected chi connectivity index (χ4v) is 2.28. The minimum atomic E-state index is -1.06. The first-order valence-electron chi connectivity index (χ1n) is 7.28. The van der Waals surface area contributed by atoms with Gasteiger partial charge in [-0.3, -0.25) is 24.1 Å². The molecule has 0 aliphatic carbocycles. The second kappa shape index (κ2) is 7.03. The molecule has 0 unspecified atom stereocenters. The van der Waals surface area contributed by atoms with Crippen molar-refractivity contribution < 1.29 is 24.0 Å². The van der Waals surface area contributed by atoms with E-state index in [1.54, 1.807) is 0 Å². The first-order chi connectivity index (χ1) is 11.3. The first kappa shape index (κ1) is 17.3. The van der Waals surface area contributed by atoms with Gasteiger partial charge in [0.1, 0.15) is 6.54 Å². The van der Waals surface area contributed by atoms with Crippen LogP contribution in [0.4, 0.5) is 4.79 Å². The average Bonchev–Trinajstić information content (AvgIpc) is 2.73. The van der Waals surface area contributed by atoms with Crippen LogP contribution >= 0.6 is 0 Å². The highest BCUT2D eigenvalue weighted by Crippen LogP contribution is 2.09. The summed E-state index contributed by atoms with van der Waals surface area (Å²) in [5.74, 6) is -2.98. The zero-order chi connectivity index (χ0) is 17.9. The summed E-state index contributed by atoms with van der Waals surface area (Å²) in [6.07, 6.45) is 0.294. The van der Waals surface area contributed by atoms with Crippen molar-refractivity contribution in [1.29, 1.82) is 0 Å². The van der Waals surface area contributed by atoms with E-state index >= 15 is 0 Å². The third kappa shape index (κ3) is 3.65. The highest BCUT2D eigenvalue weighted by atomic mass is 16.2. The van der Waals surface area contributed by atoms with Crippen molar-refractivity contribution in [3.8, 4) is 0 Å². The van der Waals surface area contributed by atoms with E-state index in [1.807, 2.05) is 30.3 Å². The number of imide groups is 2. The van der Waals surface area contributed by atoms with Crippen LogP contribution in [0.1, 0.15) is 12.5 Å². The van der Waals surface area contributed by atoms with Crippen LogP contribution in [0.15, 0.2) is 30.3 Å². The molecule has 1 saturated heterocycles. The van der Waals surface area contributed by atoms with E-state index in [4.69, 9.17) is 0 Å². The molecule has 0 bridgehead atoms. The summed E-state index contributed by atoms with van der Waals surface area (Å²) >= 11 is 0. The van der Waals surface area contributed by atoms with Crippen LogP contribution in [0.3, 0.4) is 0 Å². The van der Waals surface area contributed by atoms with Crippen LogP contribution in [0, 0.1) is 0 Å². The smallest absolute Gasteiger partial charge is 0.334 e. The summed E-state index contributed by atoms with van der Waals surface area (Å²) in [5, 5.41) is 2.50. The molecule has 1 atom stereocenters. The van der Waals surface area contributed by atoms with E-state index in [-0.39, 0.29) is 5.78 Å². The molecule has 8 heteroatoms. The monoisotopic (exact) mass is 331 g/mol. The van der Waals surface area contributed by atoms with Crippen LogP contribution in [0.25, 0.3) is 0 Å². The van der Waals surface area contributed by atoms with E-state index in [1.165, 1.54) is 6.92 Å². The fourth-order valence-electron chi connectivity index (χ4n) is 2.28. The van der Waals surface area contributed by atoms with Gasteiger partial charge < -0.3 is 5.32 Å². The summed E-state index contributed by atoms with van der Waals surface area (Å²) in [7, 11) is 1.16. The summed E-state index contributed by atoms with van der Waals surface area (Å²) in [5.41, 5.74) is 0.862. The number of urea groups is 1. The number of likely N-dealkylation sites (N-methyl/N-ethyl adjacent to an activating group) is 1. The van der Waals surface area contributed by atoms with Gasteiger partial charge in [0.15, 0.2) is 5.78 Å². The lowest BCUT2D eigenvalue weighted by molar-refractivity contribution is -0.143. The van der Waals surface area contributed by atoms with Gasteiger partial charge in [0.25, 0.3) is 0 Å². The average molecular weight is 331 g/mol. The number of carbonyl (C=O) groups is 5. The molecule has 0 radical (unpaired) electrons. The van der Waals surface area contributed by atoms with Crippen molar-refractivity contribution in [1.82, 2.24) is 15.1 Å². The summed E-state index contributed by atoms with van der Waals surface area (Å²) in [6, 6.07) is 7.48. The molecule has 0 spiro atoms.